The summed E-state index contributed by atoms with van der Waals surface area (Å²) in [6, 6.07) is 4.12. The lowest BCUT2D eigenvalue weighted by molar-refractivity contribution is 0.343. The summed E-state index contributed by atoms with van der Waals surface area (Å²) in [5.74, 6) is 0.348. The predicted molar refractivity (Wildman–Crippen MR) is 101 cm³/mol. The standard InChI is InChI=1S/C18H21FN6S/c1-2-10-7-11-3-4-13(19)12(11)8-14(10)26-18-24-15-16(21)22-9-23-17(15)25(18)6-5-20/h7-9,13H,2-6,20H2,1H3,(H2,21,22,23). The van der Waals surface area contributed by atoms with Gasteiger partial charge in [0.15, 0.2) is 22.1 Å². The van der Waals surface area contributed by atoms with Crippen LogP contribution in [0.15, 0.2) is 28.5 Å². The van der Waals surface area contributed by atoms with Crippen LogP contribution in [0.1, 0.15) is 36.2 Å². The molecule has 0 spiro atoms. The first kappa shape index (κ1) is 17.2. The van der Waals surface area contributed by atoms with E-state index in [2.05, 4.69) is 27.9 Å². The molecule has 1 aromatic carbocycles. The Bertz CT molecular complexity index is 970. The van der Waals surface area contributed by atoms with Crippen molar-refractivity contribution >= 4 is 28.7 Å². The first-order valence-electron chi connectivity index (χ1n) is 8.76. The molecule has 0 fully saturated rings. The summed E-state index contributed by atoms with van der Waals surface area (Å²) >= 11 is 1.51. The fourth-order valence-corrected chi connectivity index (χ4v) is 4.59. The average Bonchev–Trinajstić information content (AvgIpc) is 3.17. The highest BCUT2D eigenvalue weighted by atomic mass is 32.2. The first-order valence-corrected chi connectivity index (χ1v) is 9.58. The molecule has 3 aromatic rings. The fraction of sp³-hybridized carbons (Fsp3) is 0.389. The lowest BCUT2D eigenvalue weighted by Crippen LogP contribution is -2.11. The van der Waals surface area contributed by atoms with Gasteiger partial charge in [-0.3, -0.25) is 0 Å². The minimum Gasteiger partial charge on any atom is -0.382 e. The number of nitrogens with zero attached hydrogens (tertiary/aromatic N) is 4. The fourth-order valence-electron chi connectivity index (χ4n) is 3.45. The molecule has 1 aliphatic carbocycles. The van der Waals surface area contributed by atoms with Crippen molar-refractivity contribution in [2.75, 3.05) is 12.3 Å². The van der Waals surface area contributed by atoms with Gasteiger partial charge in [-0.2, -0.15) is 0 Å². The van der Waals surface area contributed by atoms with Crippen molar-refractivity contribution in [2.45, 2.75) is 49.0 Å². The van der Waals surface area contributed by atoms with E-state index < -0.39 is 6.17 Å². The zero-order valence-electron chi connectivity index (χ0n) is 14.6. The third-order valence-electron chi connectivity index (χ3n) is 4.79. The Kier molecular flexibility index (Phi) is 4.54. The molecule has 26 heavy (non-hydrogen) atoms. The summed E-state index contributed by atoms with van der Waals surface area (Å²) in [6.07, 6.45) is 2.82. The van der Waals surface area contributed by atoms with Crippen molar-refractivity contribution in [3.63, 3.8) is 0 Å². The highest BCUT2D eigenvalue weighted by Crippen LogP contribution is 2.40. The quantitative estimate of drug-likeness (QED) is 0.715. The monoisotopic (exact) mass is 372 g/mol. The van der Waals surface area contributed by atoms with E-state index in [0.29, 0.717) is 36.5 Å². The number of aryl methyl sites for hydroxylation is 2. The molecule has 0 bridgehead atoms. The number of alkyl halides is 1. The predicted octanol–water partition coefficient (Wildman–Crippen LogP) is 3.04. The van der Waals surface area contributed by atoms with Crippen LogP contribution in [0.4, 0.5) is 10.2 Å². The molecule has 8 heteroatoms. The Labute approximate surface area is 155 Å². The second-order valence-corrected chi connectivity index (χ2v) is 7.40. The number of benzene rings is 1. The maximum atomic E-state index is 14.2. The van der Waals surface area contributed by atoms with Crippen molar-refractivity contribution in [1.82, 2.24) is 19.5 Å². The first-order chi connectivity index (χ1) is 12.6. The van der Waals surface area contributed by atoms with E-state index in [0.717, 1.165) is 34.0 Å². The molecule has 0 aliphatic heterocycles. The van der Waals surface area contributed by atoms with Crippen LogP contribution >= 0.6 is 11.8 Å². The van der Waals surface area contributed by atoms with Gasteiger partial charge in [-0.25, -0.2) is 19.3 Å². The molecule has 6 nitrogen and oxygen atoms in total. The Hall–Kier alpha value is -2.19. The summed E-state index contributed by atoms with van der Waals surface area (Å²) in [5.41, 5.74) is 16.1. The van der Waals surface area contributed by atoms with Gasteiger partial charge in [0.2, 0.25) is 0 Å². The third kappa shape index (κ3) is 2.83. The summed E-state index contributed by atoms with van der Waals surface area (Å²) in [7, 11) is 0. The van der Waals surface area contributed by atoms with Gasteiger partial charge in [0, 0.05) is 18.0 Å². The highest BCUT2D eigenvalue weighted by molar-refractivity contribution is 7.99. The Morgan fingerprint density at radius 1 is 1.35 bits per heavy atom. The number of nitrogens with two attached hydrogens (primary N) is 2. The molecule has 1 unspecified atom stereocenters. The van der Waals surface area contributed by atoms with Crippen LogP contribution in [0.2, 0.25) is 0 Å². The van der Waals surface area contributed by atoms with Gasteiger partial charge in [-0.05, 0) is 42.0 Å². The van der Waals surface area contributed by atoms with Crippen LogP contribution in [-0.4, -0.2) is 26.1 Å². The van der Waals surface area contributed by atoms with Crippen LogP contribution in [0, 0.1) is 0 Å². The molecule has 1 aliphatic rings. The number of aromatic nitrogens is 4. The molecule has 2 aromatic heterocycles. The maximum absolute atomic E-state index is 14.2. The second kappa shape index (κ2) is 6.85. The van der Waals surface area contributed by atoms with E-state index in [1.807, 2.05) is 10.6 Å². The van der Waals surface area contributed by atoms with E-state index in [9.17, 15) is 4.39 Å². The van der Waals surface area contributed by atoms with Gasteiger partial charge < -0.3 is 16.0 Å². The van der Waals surface area contributed by atoms with E-state index in [1.54, 1.807) is 0 Å². The molecular formula is C18H21FN6S. The molecule has 0 amide bonds. The van der Waals surface area contributed by atoms with Crippen LogP contribution < -0.4 is 11.5 Å². The van der Waals surface area contributed by atoms with E-state index in [1.165, 1.54) is 23.7 Å². The number of fused-ring (bicyclic) bond motifs is 2. The normalized spacial score (nSPS) is 16.3. The van der Waals surface area contributed by atoms with Gasteiger partial charge in [0.05, 0.1) is 0 Å². The van der Waals surface area contributed by atoms with Crippen LogP contribution in [0.5, 0.6) is 0 Å². The lowest BCUT2D eigenvalue weighted by atomic mass is 10.0. The lowest BCUT2D eigenvalue weighted by Gasteiger charge is -2.12. The van der Waals surface area contributed by atoms with E-state index in [4.69, 9.17) is 11.5 Å². The molecule has 2 heterocycles. The number of hydrogen-bond donors (Lipinski definition) is 2. The number of imidazole rings is 1. The third-order valence-corrected chi connectivity index (χ3v) is 5.88. The van der Waals surface area contributed by atoms with Gasteiger partial charge in [0.1, 0.15) is 12.5 Å². The second-order valence-electron chi connectivity index (χ2n) is 6.39. The number of rotatable bonds is 5. The largest absolute Gasteiger partial charge is 0.382 e. The molecule has 4 N–H and O–H groups in total. The highest BCUT2D eigenvalue weighted by Gasteiger charge is 2.24. The summed E-state index contributed by atoms with van der Waals surface area (Å²) in [5, 5.41) is 0.751. The van der Waals surface area contributed by atoms with Crippen LogP contribution in [-0.2, 0) is 19.4 Å². The number of halogens is 1. The zero-order valence-corrected chi connectivity index (χ0v) is 15.4. The van der Waals surface area contributed by atoms with Gasteiger partial charge >= 0.3 is 0 Å². The van der Waals surface area contributed by atoms with Crippen LogP contribution in [0.25, 0.3) is 11.2 Å². The van der Waals surface area contributed by atoms with Gasteiger partial charge in [0.25, 0.3) is 0 Å². The topological polar surface area (TPSA) is 95.6 Å². The zero-order chi connectivity index (χ0) is 18.3. The molecule has 0 saturated heterocycles. The average molecular weight is 372 g/mol. The van der Waals surface area contributed by atoms with Crippen molar-refractivity contribution < 1.29 is 4.39 Å². The van der Waals surface area contributed by atoms with E-state index >= 15 is 0 Å². The molecular weight excluding hydrogens is 351 g/mol. The molecule has 0 saturated carbocycles. The van der Waals surface area contributed by atoms with Crippen molar-refractivity contribution in [2.24, 2.45) is 5.73 Å². The van der Waals surface area contributed by atoms with E-state index in [-0.39, 0.29) is 0 Å². The SMILES string of the molecule is CCc1cc2c(cc1Sc1nc3c(N)ncnc3n1CCN)C(F)CC2. The minimum absolute atomic E-state index is 0.348. The number of nitrogen functional groups attached to an aromatic ring is 1. The minimum atomic E-state index is -0.875. The summed E-state index contributed by atoms with van der Waals surface area (Å²) in [6.45, 7) is 3.15. The molecule has 4 rings (SSSR count). The Morgan fingerprint density at radius 3 is 2.96 bits per heavy atom. The molecule has 1 atom stereocenters. The van der Waals surface area contributed by atoms with Gasteiger partial charge in [-0.1, -0.05) is 24.8 Å². The number of hydrogen-bond acceptors (Lipinski definition) is 6. The van der Waals surface area contributed by atoms with Crippen molar-refractivity contribution in [3.05, 3.63) is 35.2 Å². The Morgan fingerprint density at radius 2 is 2.19 bits per heavy atom. The smallest absolute Gasteiger partial charge is 0.175 e. The van der Waals surface area contributed by atoms with Crippen molar-refractivity contribution in [3.8, 4) is 0 Å². The Balaban J connectivity index is 1.81. The van der Waals surface area contributed by atoms with Crippen molar-refractivity contribution in [1.29, 1.82) is 0 Å². The summed E-state index contributed by atoms with van der Waals surface area (Å²) in [4.78, 5) is 14.0. The maximum Gasteiger partial charge on any atom is 0.175 e. The molecule has 0 radical (unpaired) electrons. The number of anilines is 1. The molecule has 136 valence electrons. The van der Waals surface area contributed by atoms with Gasteiger partial charge in [-0.15, -0.1) is 0 Å². The van der Waals surface area contributed by atoms with Crippen LogP contribution in [0.3, 0.4) is 0 Å². The summed E-state index contributed by atoms with van der Waals surface area (Å²) < 4.78 is 16.2.